The van der Waals surface area contributed by atoms with E-state index in [1.165, 1.54) is 0 Å². The highest BCUT2D eigenvalue weighted by atomic mass is 19.2. The molecule has 0 aliphatic carbocycles. The molecular formula is C10H10F4N2O3. The van der Waals surface area contributed by atoms with E-state index in [0.29, 0.717) is 0 Å². The standard InChI is InChI=1S/C10H10F4N2O3/c11-4-1-5(12)8(14)9(7(4)13)19-3-18-2-6(15)10(16)17/h1,6H,2-3,15H2,(H2,16,17). The third kappa shape index (κ3) is 3.80. The van der Waals surface area contributed by atoms with Crippen LogP contribution in [0.5, 0.6) is 5.75 Å². The summed E-state index contributed by atoms with van der Waals surface area (Å²) in [5.41, 5.74) is 9.99. The summed E-state index contributed by atoms with van der Waals surface area (Å²) in [5, 5.41) is 0. The molecule has 0 aliphatic heterocycles. The molecule has 0 heterocycles. The van der Waals surface area contributed by atoms with Crippen LogP contribution in [0.3, 0.4) is 0 Å². The first-order valence-electron chi connectivity index (χ1n) is 4.93. The lowest BCUT2D eigenvalue weighted by atomic mass is 10.3. The quantitative estimate of drug-likeness (QED) is 0.342. The minimum absolute atomic E-state index is 0.0430. The van der Waals surface area contributed by atoms with Crippen molar-refractivity contribution >= 4 is 5.91 Å². The van der Waals surface area contributed by atoms with Gasteiger partial charge in [0.15, 0.2) is 24.2 Å². The maximum Gasteiger partial charge on any atom is 0.236 e. The van der Waals surface area contributed by atoms with Gasteiger partial charge in [-0.25, -0.2) is 8.78 Å². The summed E-state index contributed by atoms with van der Waals surface area (Å²) in [4.78, 5) is 10.5. The van der Waals surface area contributed by atoms with Crippen molar-refractivity contribution in [1.29, 1.82) is 0 Å². The van der Waals surface area contributed by atoms with Gasteiger partial charge in [-0.15, -0.1) is 0 Å². The molecule has 0 bridgehead atoms. The van der Waals surface area contributed by atoms with Crippen molar-refractivity contribution in [2.45, 2.75) is 6.04 Å². The Bertz CT molecular complexity index is 458. The van der Waals surface area contributed by atoms with Crippen LogP contribution in [0.15, 0.2) is 6.07 Å². The number of carbonyl (C=O) groups excluding carboxylic acids is 1. The number of benzene rings is 1. The van der Waals surface area contributed by atoms with Crippen LogP contribution in [0, 0.1) is 23.3 Å². The van der Waals surface area contributed by atoms with Gasteiger partial charge in [0, 0.05) is 6.07 Å². The van der Waals surface area contributed by atoms with Gasteiger partial charge >= 0.3 is 0 Å². The zero-order chi connectivity index (χ0) is 14.6. The summed E-state index contributed by atoms with van der Waals surface area (Å²) in [6.07, 6.45) is 0. The molecule has 1 amide bonds. The fourth-order valence-electron chi connectivity index (χ4n) is 1.04. The number of hydrogen-bond acceptors (Lipinski definition) is 4. The van der Waals surface area contributed by atoms with Crippen LogP contribution < -0.4 is 16.2 Å². The summed E-state index contributed by atoms with van der Waals surface area (Å²) < 4.78 is 60.8. The van der Waals surface area contributed by atoms with Crippen LogP contribution in [-0.2, 0) is 9.53 Å². The molecule has 0 spiro atoms. The lowest BCUT2D eigenvalue weighted by Crippen LogP contribution is -2.40. The van der Waals surface area contributed by atoms with Crippen molar-refractivity contribution in [2.75, 3.05) is 13.4 Å². The summed E-state index contributed by atoms with van der Waals surface area (Å²) >= 11 is 0. The summed E-state index contributed by atoms with van der Waals surface area (Å²) in [5.74, 6) is -8.71. The Morgan fingerprint density at radius 3 is 2.21 bits per heavy atom. The Kier molecular flexibility index (Phi) is 5.07. The van der Waals surface area contributed by atoms with Gasteiger partial charge in [-0.3, -0.25) is 4.79 Å². The van der Waals surface area contributed by atoms with Gasteiger partial charge in [0.05, 0.1) is 6.61 Å². The summed E-state index contributed by atoms with van der Waals surface area (Å²) in [6, 6.07) is -1.09. The van der Waals surface area contributed by atoms with Gasteiger partial charge in [0.25, 0.3) is 0 Å². The van der Waals surface area contributed by atoms with Crippen molar-refractivity contribution < 1.29 is 31.8 Å². The first-order chi connectivity index (χ1) is 8.84. The Morgan fingerprint density at radius 2 is 1.74 bits per heavy atom. The highest BCUT2D eigenvalue weighted by Gasteiger charge is 2.20. The highest BCUT2D eigenvalue weighted by molar-refractivity contribution is 5.79. The fourth-order valence-corrected chi connectivity index (χ4v) is 1.04. The molecule has 1 aromatic carbocycles. The molecule has 1 aromatic rings. The molecule has 5 nitrogen and oxygen atoms in total. The molecule has 1 rings (SSSR count). The number of amides is 1. The molecule has 1 unspecified atom stereocenters. The first kappa shape index (κ1) is 15.2. The Hall–Kier alpha value is -1.87. The van der Waals surface area contributed by atoms with Crippen molar-refractivity contribution in [1.82, 2.24) is 0 Å². The zero-order valence-corrected chi connectivity index (χ0v) is 9.46. The third-order valence-electron chi connectivity index (χ3n) is 2.02. The smallest absolute Gasteiger partial charge is 0.236 e. The van der Waals surface area contributed by atoms with Crippen LogP contribution in [0.25, 0.3) is 0 Å². The molecule has 0 aliphatic rings. The third-order valence-corrected chi connectivity index (χ3v) is 2.02. The SMILES string of the molecule is NC(=O)C(N)COCOc1c(F)c(F)cc(F)c1F. The lowest BCUT2D eigenvalue weighted by Gasteiger charge is -2.11. The van der Waals surface area contributed by atoms with Crippen LogP contribution in [-0.4, -0.2) is 25.3 Å². The van der Waals surface area contributed by atoms with E-state index in [2.05, 4.69) is 9.47 Å². The van der Waals surface area contributed by atoms with Gasteiger partial charge in [-0.1, -0.05) is 0 Å². The van der Waals surface area contributed by atoms with E-state index in [0.717, 1.165) is 0 Å². The van der Waals surface area contributed by atoms with Gasteiger partial charge in [-0.05, 0) is 0 Å². The molecular weight excluding hydrogens is 272 g/mol. The largest absolute Gasteiger partial charge is 0.461 e. The van der Waals surface area contributed by atoms with Crippen molar-refractivity contribution in [2.24, 2.45) is 11.5 Å². The predicted molar refractivity (Wildman–Crippen MR) is 54.9 cm³/mol. The van der Waals surface area contributed by atoms with Gasteiger partial charge in [0.1, 0.15) is 6.04 Å². The van der Waals surface area contributed by atoms with Crippen molar-refractivity contribution in [3.8, 4) is 5.75 Å². The van der Waals surface area contributed by atoms with Crippen LogP contribution in [0.4, 0.5) is 17.6 Å². The van der Waals surface area contributed by atoms with Crippen LogP contribution in [0.1, 0.15) is 0 Å². The molecule has 1 atom stereocenters. The monoisotopic (exact) mass is 282 g/mol. The topological polar surface area (TPSA) is 87.6 Å². The number of hydrogen-bond donors (Lipinski definition) is 2. The number of carbonyl (C=O) groups is 1. The molecule has 9 heteroatoms. The van der Waals surface area contributed by atoms with E-state index >= 15 is 0 Å². The average Bonchev–Trinajstić information content (AvgIpc) is 2.35. The van der Waals surface area contributed by atoms with E-state index in [9.17, 15) is 22.4 Å². The second kappa shape index (κ2) is 6.34. The molecule has 0 saturated carbocycles. The number of primary amides is 1. The lowest BCUT2D eigenvalue weighted by molar-refractivity contribution is -0.121. The van der Waals surface area contributed by atoms with Crippen molar-refractivity contribution in [3.63, 3.8) is 0 Å². The molecule has 0 saturated heterocycles. The summed E-state index contributed by atoms with van der Waals surface area (Å²) in [6.45, 7) is -1.14. The maximum absolute atomic E-state index is 13.1. The number of rotatable bonds is 6. The molecule has 19 heavy (non-hydrogen) atoms. The molecule has 0 fully saturated rings. The van der Waals surface area contributed by atoms with E-state index in [1.807, 2.05) is 0 Å². The van der Waals surface area contributed by atoms with Gasteiger partial charge < -0.3 is 20.9 Å². The Balaban J connectivity index is 2.61. The second-order valence-electron chi connectivity index (χ2n) is 3.44. The Labute approximate surface area is 105 Å². The zero-order valence-electron chi connectivity index (χ0n) is 9.46. The average molecular weight is 282 g/mol. The molecule has 0 aromatic heterocycles. The van der Waals surface area contributed by atoms with Gasteiger partial charge in [-0.2, -0.15) is 8.78 Å². The second-order valence-corrected chi connectivity index (χ2v) is 3.44. The number of halogens is 4. The van der Waals surface area contributed by atoms with E-state index in [4.69, 9.17) is 11.5 Å². The minimum Gasteiger partial charge on any atom is -0.461 e. The van der Waals surface area contributed by atoms with Crippen LogP contribution >= 0.6 is 0 Å². The first-order valence-corrected chi connectivity index (χ1v) is 4.93. The van der Waals surface area contributed by atoms with E-state index < -0.39 is 47.8 Å². The highest BCUT2D eigenvalue weighted by Crippen LogP contribution is 2.26. The molecule has 106 valence electrons. The molecule has 4 N–H and O–H groups in total. The van der Waals surface area contributed by atoms with E-state index in [-0.39, 0.29) is 12.7 Å². The van der Waals surface area contributed by atoms with Gasteiger partial charge in [0.2, 0.25) is 17.5 Å². The number of nitrogens with two attached hydrogens (primary N) is 2. The van der Waals surface area contributed by atoms with Crippen molar-refractivity contribution in [3.05, 3.63) is 29.3 Å². The molecule has 0 radical (unpaired) electrons. The maximum atomic E-state index is 13.1. The predicted octanol–water partition coefficient (Wildman–Crippen LogP) is 0.408. The Morgan fingerprint density at radius 1 is 1.21 bits per heavy atom. The normalized spacial score (nSPS) is 12.3. The minimum atomic E-state index is -1.69. The van der Waals surface area contributed by atoms with Crippen LogP contribution in [0.2, 0.25) is 0 Å². The summed E-state index contributed by atoms with van der Waals surface area (Å²) in [7, 11) is 0. The number of ether oxygens (including phenoxy) is 2. The van der Waals surface area contributed by atoms with E-state index in [1.54, 1.807) is 0 Å². The fraction of sp³-hybridized carbons (Fsp3) is 0.300.